The average molecular weight is 294 g/mol. The van der Waals surface area contributed by atoms with E-state index in [2.05, 4.69) is 11.8 Å². The molecule has 1 heterocycles. The van der Waals surface area contributed by atoms with Crippen LogP contribution in [-0.2, 0) is 9.84 Å². The van der Waals surface area contributed by atoms with Gasteiger partial charge in [0.15, 0.2) is 9.84 Å². The summed E-state index contributed by atoms with van der Waals surface area (Å²) >= 11 is 1.73. The first-order valence-electron chi connectivity index (χ1n) is 6.64. The highest BCUT2D eigenvalue weighted by Gasteiger charge is 2.35. The van der Waals surface area contributed by atoms with Crippen LogP contribution in [0.1, 0.15) is 33.6 Å². The third-order valence-corrected chi connectivity index (χ3v) is 6.73. The summed E-state index contributed by atoms with van der Waals surface area (Å²) in [5.41, 5.74) is 5.97. The molecule has 0 radical (unpaired) electrons. The molecule has 0 spiro atoms. The lowest BCUT2D eigenvalue weighted by Gasteiger charge is -2.39. The molecule has 1 aliphatic rings. The number of thioether (sulfide) groups is 1. The Hall–Kier alpha value is 0.220. The highest BCUT2D eigenvalue weighted by Crippen LogP contribution is 2.24. The first-order chi connectivity index (χ1) is 8.32. The fraction of sp³-hybridized carbons (Fsp3) is 1.00. The van der Waals surface area contributed by atoms with E-state index in [1.165, 1.54) is 0 Å². The molecule has 1 aliphatic heterocycles. The van der Waals surface area contributed by atoms with Gasteiger partial charge in [-0.1, -0.05) is 20.3 Å². The first kappa shape index (κ1) is 16.3. The standard InChI is InChI=1S/C12H26N2O2S2/c1-4-6-12(3,13)10-14-7-8-17-9-11(14)18(15,16)5-2/h11H,4-10,13H2,1-3H3. The molecule has 2 unspecified atom stereocenters. The molecule has 0 amide bonds. The molecule has 1 rings (SSSR count). The van der Waals surface area contributed by atoms with Crippen molar-refractivity contribution in [2.24, 2.45) is 5.73 Å². The average Bonchev–Trinajstić information content (AvgIpc) is 2.28. The fourth-order valence-electron chi connectivity index (χ4n) is 2.43. The summed E-state index contributed by atoms with van der Waals surface area (Å²) in [6.45, 7) is 7.35. The minimum atomic E-state index is -3.01. The minimum Gasteiger partial charge on any atom is -0.324 e. The monoisotopic (exact) mass is 294 g/mol. The molecule has 0 aromatic heterocycles. The van der Waals surface area contributed by atoms with Gasteiger partial charge in [0.1, 0.15) is 5.37 Å². The fourth-order valence-corrected chi connectivity index (χ4v) is 5.51. The molecule has 0 saturated carbocycles. The second-order valence-electron chi connectivity index (χ2n) is 5.36. The quantitative estimate of drug-likeness (QED) is 0.800. The van der Waals surface area contributed by atoms with E-state index in [-0.39, 0.29) is 16.7 Å². The Morgan fingerprint density at radius 1 is 1.44 bits per heavy atom. The van der Waals surface area contributed by atoms with Gasteiger partial charge in [-0.2, -0.15) is 11.8 Å². The summed E-state index contributed by atoms with van der Waals surface area (Å²) in [6.07, 6.45) is 1.95. The van der Waals surface area contributed by atoms with E-state index in [4.69, 9.17) is 5.73 Å². The van der Waals surface area contributed by atoms with Gasteiger partial charge in [-0.15, -0.1) is 0 Å². The molecule has 18 heavy (non-hydrogen) atoms. The SMILES string of the molecule is CCCC(C)(N)CN1CCSCC1S(=O)(=O)CC. The van der Waals surface area contributed by atoms with E-state index in [1.807, 2.05) is 6.92 Å². The van der Waals surface area contributed by atoms with Crippen molar-refractivity contribution in [3.63, 3.8) is 0 Å². The molecule has 108 valence electrons. The lowest BCUT2D eigenvalue weighted by molar-refractivity contribution is 0.205. The molecule has 1 saturated heterocycles. The molecule has 2 atom stereocenters. The molecular formula is C12H26N2O2S2. The second kappa shape index (κ2) is 6.59. The molecule has 0 bridgehead atoms. The van der Waals surface area contributed by atoms with Crippen molar-refractivity contribution in [1.29, 1.82) is 0 Å². The molecule has 4 nitrogen and oxygen atoms in total. The number of rotatable bonds is 6. The van der Waals surface area contributed by atoms with Crippen LogP contribution < -0.4 is 5.73 Å². The normalized spacial score (nSPS) is 25.9. The Morgan fingerprint density at radius 2 is 2.11 bits per heavy atom. The van der Waals surface area contributed by atoms with E-state index < -0.39 is 9.84 Å². The summed E-state index contributed by atoms with van der Waals surface area (Å²) < 4.78 is 24.2. The third-order valence-electron chi connectivity index (χ3n) is 3.39. The predicted octanol–water partition coefficient (Wildman–Crippen LogP) is 1.31. The smallest absolute Gasteiger partial charge is 0.166 e. The molecule has 0 aromatic rings. The Morgan fingerprint density at radius 3 is 2.67 bits per heavy atom. The molecule has 6 heteroatoms. The number of hydrogen-bond donors (Lipinski definition) is 1. The third kappa shape index (κ3) is 4.40. The van der Waals surface area contributed by atoms with Crippen molar-refractivity contribution in [2.75, 3.05) is 30.3 Å². The maximum atomic E-state index is 12.1. The summed E-state index contributed by atoms with van der Waals surface area (Å²) in [7, 11) is -3.01. The number of hydrogen-bond acceptors (Lipinski definition) is 5. The molecule has 0 aromatic carbocycles. The predicted molar refractivity (Wildman–Crippen MR) is 79.6 cm³/mol. The van der Waals surface area contributed by atoms with Gasteiger partial charge >= 0.3 is 0 Å². The van der Waals surface area contributed by atoms with Crippen LogP contribution in [0.4, 0.5) is 0 Å². The van der Waals surface area contributed by atoms with Gasteiger partial charge in [0, 0.05) is 35.9 Å². The van der Waals surface area contributed by atoms with Crippen LogP contribution in [0.5, 0.6) is 0 Å². The highest BCUT2D eigenvalue weighted by atomic mass is 32.2. The number of sulfone groups is 1. The van der Waals surface area contributed by atoms with E-state index in [0.717, 1.165) is 25.1 Å². The van der Waals surface area contributed by atoms with E-state index >= 15 is 0 Å². The van der Waals surface area contributed by atoms with Crippen LogP contribution in [0.3, 0.4) is 0 Å². The molecule has 0 aliphatic carbocycles. The maximum Gasteiger partial charge on any atom is 0.166 e. The summed E-state index contributed by atoms with van der Waals surface area (Å²) in [6, 6.07) is 0. The van der Waals surface area contributed by atoms with Gasteiger partial charge in [-0.05, 0) is 13.3 Å². The highest BCUT2D eigenvalue weighted by molar-refractivity contribution is 8.01. The van der Waals surface area contributed by atoms with Crippen molar-refractivity contribution in [1.82, 2.24) is 4.90 Å². The van der Waals surface area contributed by atoms with Gasteiger partial charge < -0.3 is 5.73 Å². The maximum absolute atomic E-state index is 12.1. The van der Waals surface area contributed by atoms with Crippen LogP contribution in [0.2, 0.25) is 0 Å². The van der Waals surface area contributed by atoms with Crippen LogP contribution in [0.25, 0.3) is 0 Å². The molecule has 2 N–H and O–H groups in total. The van der Waals surface area contributed by atoms with Crippen LogP contribution >= 0.6 is 11.8 Å². The van der Waals surface area contributed by atoms with Crippen LogP contribution in [-0.4, -0.2) is 54.6 Å². The zero-order valence-corrected chi connectivity index (χ0v) is 13.3. The Labute approximate surface area is 116 Å². The summed E-state index contributed by atoms with van der Waals surface area (Å²) in [5.74, 6) is 1.89. The lowest BCUT2D eigenvalue weighted by Crippen LogP contribution is -2.56. The van der Waals surface area contributed by atoms with Gasteiger partial charge in [-0.25, -0.2) is 8.42 Å². The van der Waals surface area contributed by atoms with Gasteiger partial charge in [0.05, 0.1) is 0 Å². The summed E-state index contributed by atoms with van der Waals surface area (Å²) in [5, 5.41) is -0.346. The van der Waals surface area contributed by atoms with Gasteiger partial charge in [0.2, 0.25) is 0 Å². The van der Waals surface area contributed by atoms with Crippen molar-refractivity contribution < 1.29 is 8.42 Å². The first-order valence-corrected chi connectivity index (χ1v) is 9.51. The number of nitrogens with two attached hydrogens (primary N) is 1. The Balaban J connectivity index is 2.78. The van der Waals surface area contributed by atoms with Crippen LogP contribution in [0, 0.1) is 0 Å². The largest absolute Gasteiger partial charge is 0.324 e. The summed E-state index contributed by atoms with van der Waals surface area (Å²) in [4.78, 5) is 2.07. The van der Waals surface area contributed by atoms with E-state index in [1.54, 1.807) is 18.7 Å². The van der Waals surface area contributed by atoms with Crippen molar-refractivity contribution in [3.05, 3.63) is 0 Å². The second-order valence-corrected chi connectivity index (χ2v) is 8.95. The lowest BCUT2D eigenvalue weighted by atomic mass is 9.97. The van der Waals surface area contributed by atoms with E-state index in [9.17, 15) is 8.42 Å². The van der Waals surface area contributed by atoms with E-state index in [0.29, 0.717) is 12.3 Å². The molecule has 1 fully saturated rings. The zero-order valence-electron chi connectivity index (χ0n) is 11.7. The van der Waals surface area contributed by atoms with Crippen molar-refractivity contribution in [2.45, 2.75) is 44.5 Å². The zero-order chi connectivity index (χ0) is 13.8. The Bertz CT molecular complexity index is 355. The number of nitrogens with zero attached hydrogens (tertiary/aromatic N) is 1. The van der Waals surface area contributed by atoms with Crippen molar-refractivity contribution >= 4 is 21.6 Å². The van der Waals surface area contributed by atoms with Gasteiger partial charge in [-0.3, -0.25) is 4.90 Å². The minimum absolute atomic E-state index is 0.212. The van der Waals surface area contributed by atoms with Crippen molar-refractivity contribution in [3.8, 4) is 0 Å². The Kier molecular flexibility index (Phi) is 5.96. The van der Waals surface area contributed by atoms with Crippen LogP contribution in [0.15, 0.2) is 0 Å². The topological polar surface area (TPSA) is 63.4 Å². The molecular weight excluding hydrogens is 268 g/mol. The van der Waals surface area contributed by atoms with Gasteiger partial charge in [0.25, 0.3) is 0 Å².